The number of amides is 1. The van der Waals surface area contributed by atoms with Crippen molar-refractivity contribution in [3.8, 4) is 11.5 Å². The number of halogens is 1. The highest BCUT2D eigenvalue weighted by Crippen LogP contribution is 2.30. The van der Waals surface area contributed by atoms with E-state index in [9.17, 15) is 4.79 Å². The highest BCUT2D eigenvalue weighted by molar-refractivity contribution is 6.05. The first-order valence-corrected chi connectivity index (χ1v) is 8.01. The van der Waals surface area contributed by atoms with Crippen LogP contribution in [0.4, 0.5) is 5.69 Å². The van der Waals surface area contributed by atoms with Crippen LogP contribution in [0.15, 0.2) is 18.2 Å². The number of hydrogen-bond acceptors (Lipinski definition) is 5. The van der Waals surface area contributed by atoms with Gasteiger partial charge in [-0.05, 0) is 26.0 Å². The number of methoxy groups -OCH3 is 1. The van der Waals surface area contributed by atoms with E-state index in [-0.39, 0.29) is 24.4 Å². The number of nitrogens with one attached hydrogen (secondary N) is 3. The van der Waals surface area contributed by atoms with E-state index in [4.69, 9.17) is 9.47 Å². The van der Waals surface area contributed by atoms with Crippen LogP contribution in [0.2, 0.25) is 0 Å². The van der Waals surface area contributed by atoms with Gasteiger partial charge in [-0.3, -0.25) is 9.89 Å². The van der Waals surface area contributed by atoms with Crippen LogP contribution >= 0.6 is 12.4 Å². The number of anilines is 1. The summed E-state index contributed by atoms with van der Waals surface area (Å²) in [5.41, 5.74) is 2.92. The summed E-state index contributed by atoms with van der Waals surface area (Å²) in [4.78, 5) is 12.7. The average molecular weight is 367 g/mol. The first-order valence-electron chi connectivity index (χ1n) is 8.01. The molecule has 0 aliphatic carbocycles. The normalized spacial score (nSPS) is 13.0. The van der Waals surface area contributed by atoms with Gasteiger partial charge >= 0.3 is 0 Å². The Balaban J connectivity index is 0.00000225. The second-order valence-corrected chi connectivity index (χ2v) is 5.94. The first-order chi connectivity index (χ1) is 11.6. The number of rotatable bonds is 5. The van der Waals surface area contributed by atoms with Gasteiger partial charge in [-0.1, -0.05) is 0 Å². The predicted molar refractivity (Wildman–Crippen MR) is 98.0 cm³/mol. The highest BCUT2D eigenvalue weighted by Gasteiger charge is 2.22. The minimum absolute atomic E-state index is 0. The van der Waals surface area contributed by atoms with Crippen molar-refractivity contribution in [2.75, 3.05) is 19.0 Å². The largest absolute Gasteiger partial charge is 0.497 e. The van der Waals surface area contributed by atoms with Gasteiger partial charge in [0.1, 0.15) is 11.5 Å². The molecular weight excluding hydrogens is 344 g/mol. The van der Waals surface area contributed by atoms with E-state index in [2.05, 4.69) is 20.8 Å². The third-order valence-electron chi connectivity index (χ3n) is 3.82. The number of hydrogen-bond donors (Lipinski definition) is 3. The maximum absolute atomic E-state index is 12.7. The molecule has 7 nitrogen and oxygen atoms in total. The number of H-pyrrole nitrogens is 1. The monoisotopic (exact) mass is 366 g/mol. The van der Waals surface area contributed by atoms with Crippen molar-refractivity contribution in [3.63, 3.8) is 0 Å². The molecule has 25 heavy (non-hydrogen) atoms. The molecule has 1 amide bonds. The molecule has 0 spiro atoms. The molecule has 0 saturated heterocycles. The smallest absolute Gasteiger partial charge is 0.276 e. The van der Waals surface area contributed by atoms with Crippen molar-refractivity contribution >= 4 is 24.0 Å². The Hall–Kier alpha value is -2.25. The minimum atomic E-state index is -0.266. The fourth-order valence-corrected chi connectivity index (χ4v) is 2.69. The van der Waals surface area contributed by atoms with Gasteiger partial charge in [-0.15, -0.1) is 12.4 Å². The quantitative estimate of drug-likeness (QED) is 0.756. The molecule has 0 atom stereocenters. The van der Waals surface area contributed by atoms with Crippen LogP contribution in [-0.4, -0.2) is 35.9 Å². The van der Waals surface area contributed by atoms with Gasteiger partial charge in [0.25, 0.3) is 5.91 Å². The number of carbonyl (C=O) groups excluding carboxylic acids is 1. The van der Waals surface area contributed by atoms with Crippen LogP contribution in [0.3, 0.4) is 0 Å². The Morgan fingerprint density at radius 1 is 1.36 bits per heavy atom. The molecule has 2 aromatic rings. The molecule has 3 rings (SSSR count). The Kier molecular flexibility index (Phi) is 6.27. The number of aromatic nitrogens is 2. The topological polar surface area (TPSA) is 88.3 Å². The Morgan fingerprint density at radius 3 is 2.88 bits per heavy atom. The van der Waals surface area contributed by atoms with Crippen LogP contribution in [0.1, 0.15) is 35.6 Å². The van der Waals surface area contributed by atoms with E-state index >= 15 is 0 Å². The van der Waals surface area contributed by atoms with E-state index in [0.29, 0.717) is 29.4 Å². The molecule has 0 unspecified atom stereocenters. The summed E-state index contributed by atoms with van der Waals surface area (Å²) in [6.07, 6.45) is 0.840. The molecule has 0 fully saturated rings. The summed E-state index contributed by atoms with van der Waals surface area (Å²) >= 11 is 0. The second kappa shape index (κ2) is 8.22. The zero-order valence-electron chi connectivity index (χ0n) is 14.5. The van der Waals surface area contributed by atoms with E-state index < -0.39 is 0 Å². The lowest BCUT2D eigenvalue weighted by atomic mass is 10.1. The SMILES string of the molecule is COc1ccc(OC(C)C)c(NC(=O)c2n[nH]c3c2CNCC3)c1.Cl. The van der Waals surface area contributed by atoms with Crippen molar-refractivity contribution in [1.29, 1.82) is 0 Å². The molecule has 2 heterocycles. The zero-order chi connectivity index (χ0) is 17.1. The summed E-state index contributed by atoms with van der Waals surface area (Å²) in [6, 6.07) is 5.33. The van der Waals surface area contributed by atoms with Crippen molar-refractivity contribution in [2.45, 2.75) is 32.9 Å². The Bertz CT molecular complexity index is 745. The third-order valence-corrected chi connectivity index (χ3v) is 3.82. The lowest BCUT2D eigenvalue weighted by molar-refractivity contribution is 0.102. The lowest BCUT2D eigenvalue weighted by Gasteiger charge is -2.16. The molecule has 0 saturated carbocycles. The molecule has 1 aromatic carbocycles. The second-order valence-electron chi connectivity index (χ2n) is 5.94. The number of benzene rings is 1. The van der Waals surface area contributed by atoms with E-state index in [1.165, 1.54) is 0 Å². The summed E-state index contributed by atoms with van der Waals surface area (Å²) < 4.78 is 11.0. The Morgan fingerprint density at radius 2 is 2.16 bits per heavy atom. The zero-order valence-corrected chi connectivity index (χ0v) is 15.3. The van der Waals surface area contributed by atoms with Gasteiger partial charge in [0, 0.05) is 36.8 Å². The van der Waals surface area contributed by atoms with Crippen LogP contribution in [-0.2, 0) is 13.0 Å². The maximum atomic E-state index is 12.7. The number of aromatic amines is 1. The van der Waals surface area contributed by atoms with Crippen LogP contribution in [0.25, 0.3) is 0 Å². The van der Waals surface area contributed by atoms with E-state index in [1.54, 1.807) is 25.3 Å². The molecule has 1 aliphatic rings. The van der Waals surface area contributed by atoms with Gasteiger partial charge in [0.2, 0.25) is 0 Å². The van der Waals surface area contributed by atoms with Crippen LogP contribution < -0.4 is 20.1 Å². The average Bonchev–Trinajstić information content (AvgIpc) is 3.00. The third kappa shape index (κ3) is 4.24. The van der Waals surface area contributed by atoms with Gasteiger partial charge in [-0.25, -0.2) is 0 Å². The highest BCUT2D eigenvalue weighted by atomic mass is 35.5. The standard InChI is InChI=1S/C17H22N4O3.ClH/c1-10(2)24-15-5-4-11(23-3)8-14(15)19-17(22)16-12-9-18-7-6-13(12)20-21-16;/h4-5,8,10,18H,6-7,9H2,1-3H3,(H,19,22)(H,20,21);1H. The van der Waals surface area contributed by atoms with Gasteiger partial charge in [-0.2, -0.15) is 5.10 Å². The van der Waals surface area contributed by atoms with Gasteiger partial charge in [0.05, 0.1) is 18.9 Å². The summed E-state index contributed by atoms with van der Waals surface area (Å²) in [5.74, 6) is 0.979. The molecule has 3 N–H and O–H groups in total. The number of ether oxygens (including phenoxy) is 2. The van der Waals surface area contributed by atoms with Gasteiger partial charge in [0.15, 0.2) is 5.69 Å². The fraction of sp³-hybridized carbons (Fsp3) is 0.412. The maximum Gasteiger partial charge on any atom is 0.276 e. The minimum Gasteiger partial charge on any atom is -0.497 e. The van der Waals surface area contributed by atoms with Crippen molar-refractivity contribution in [1.82, 2.24) is 15.5 Å². The summed E-state index contributed by atoms with van der Waals surface area (Å²) in [5, 5.41) is 13.3. The van der Waals surface area contributed by atoms with Crippen molar-refractivity contribution in [3.05, 3.63) is 35.2 Å². The van der Waals surface area contributed by atoms with Crippen LogP contribution in [0, 0.1) is 0 Å². The summed E-state index contributed by atoms with van der Waals surface area (Å²) in [7, 11) is 1.58. The molecular formula is C17H23ClN4O3. The number of carbonyl (C=O) groups is 1. The molecule has 0 radical (unpaired) electrons. The van der Waals surface area contributed by atoms with Crippen LogP contribution in [0.5, 0.6) is 11.5 Å². The molecule has 136 valence electrons. The fourth-order valence-electron chi connectivity index (χ4n) is 2.69. The molecule has 1 aliphatic heterocycles. The molecule has 0 bridgehead atoms. The summed E-state index contributed by atoms with van der Waals surface area (Å²) in [6.45, 7) is 5.40. The first kappa shape index (κ1) is 19.1. The van der Waals surface area contributed by atoms with Crippen molar-refractivity contribution < 1.29 is 14.3 Å². The van der Waals surface area contributed by atoms with Gasteiger partial charge < -0.3 is 20.1 Å². The number of fused-ring (bicyclic) bond motifs is 1. The van der Waals surface area contributed by atoms with E-state index in [1.807, 2.05) is 13.8 Å². The Labute approximate surface area is 152 Å². The predicted octanol–water partition coefficient (Wildman–Crippen LogP) is 2.53. The van der Waals surface area contributed by atoms with Crippen molar-refractivity contribution in [2.24, 2.45) is 0 Å². The number of nitrogens with zero attached hydrogens (tertiary/aromatic N) is 1. The molecule has 1 aromatic heterocycles. The molecule has 8 heteroatoms. The lowest BCUT2D eigenvalue weighted by Crippen LogP contribution is -2.25. The van der Waals surface area contributed by atoms with E-state index in [0.717, 1.165) is 24.2 Å².